The zero-order valence-corrected chi connectivity index (χ0v) is 48.8. The molecule has 5 rings (SSSR count). The van der Waals surface area contributed by atoms with E-state index in [9.17, 15) is 57.5 Å². The minimum atomic E-state index is -1.80. The van der Waals surface area contributed by atoms with Crippen LogP contribution in [-0.4, -0.2) is 154 Å². The van der Waals surface area contributed by atoms with Crippen molar-refractivity contribution in [3.63, 3.8) is 0 Å². The van der Waals surface area contributed by atoms with Gasteiger partial charge in [0.05, 0.1) is 6.42 Å². The number of fused-ring (bicyclic) bond motifs is 2. The van der Waals surface area contributed by atoms with Gasteiger partial charge in [-0.25, -0.2) is 0 Å². The Bertz CT molecular complexity index is 2860. The highest BCUT2D eigenvalue weighted by Gasteiger charge is 2.42. The van der Waals surface area contributed by atoms with Gasteiger partial charge < -0.3 is 74.9 Å². The van der Waals surface area contributed by atoms with Crippen molar-refractivity contribution in [3.8, 4) is 0 Å². The smallest absolute Gasteiger partial charge is 0.246 e. The highest BCUT2D eigenvalue weighted by Crippen LogP contribution is 2.23. The molecule has 12 amide bonds. The molecule has 2 aromatic carbocycles. The molecule has 2 saturated heterocycles. The Kier molecular flexibility index (Phi) is 24.7. The van der Waals surface area contributed by atoms with E-state index < -0.39 is 162 Å². The third-order valence-electron chi connectivity index (χ3n) is 14.7. The van der Waals surface area contributed by atoms with Gasteiger partial charge in [0.2, 0.25) is 70.9 Å². The molecule has 26 heteroatoms. The topological polar surface area (TPSA) is 410 Å². The van der Waals surface area contributed by atoms with Crippen LogP contribution in [0.1, 0.15) is 111 Å². The normalized spacial score (nSPS) is 25.3. The van der Waals surface area contributed by atoms with E-state index in [2.05, 4.69) is 52.8 Å². The lowest BCUT2D eigenvalue weighted by atomic mass is 9.99. The molecule has 3 aromatic rings. The molecule has 2 aliphatic heterocycles. The molecule has 84 heavy (non-hydrogen) atoms. The minimum absolute atomic E-state index is 0.00854. The van der Waals surface area contributed by atoms with Crippen LogP contribution in [0.25, 0.3) is 10.9 Å². The van der Waals surface area contributed by atoms with Crippen LogP contribution in [-0.2, 0) is 70.4 Å². The standard InChI is InChI=1S/C58H84N14O12/c1-30(2)25-40-52(78)65-38(19-13-23-59)51(77)70-47(31(3)4)57(83)63-33(7)49(75)64-39(21-22-45(60)73)50(76)68-43(28-46(61)74)54(80)67-42(27-35-29-62-37-18-12-11-17-36(35)37)55(81)71-48(32(5)6)58(84)72-24-14-20-44(72)56(82)69-41(53(79)66-40)26-34-15-9-8-10-16-34/h8-12,15-18,29-33,38-44,47-48,62H,13-14,19-28,59H2,1-7H3,(H2,60,73)(H2,61,74)(H,63,83)(H,64,75)(H,65,78)(H,66,79)(H,67,80)(H,68,76)(H,69,82)(H,70,77)(H,71,81)/t33-,38-,39-,40-,41+,42+,43-,44-,47-,48-/m0/s1. The van der Waals surface area contributed by atoms with Crippen molar-refractivity contribution in [1.82, 2.24) is 57.7 Å². The van der Waals surface area contributed by atoms with E-state index in [4.69, 9.17) is 17.2 Å². The summed E-state index contributed by atoms with van der Waals surface area (Å²) >= 11 is 0. The fourth-order valence-electron chi connectivity index (χ4n) is 10.1. The summed E-state index contributed by atoms with van der Waals surface area (Å²) in [5.41, 5.74) is 18.8. The maximum absolute atomic E-state index is 14.9. The third-order valence-corrected chi connectivity index (χ3v) is 14.7. The molecule has 2 aliphatic rings. The molecule has 1 aromatic heterocycles. The number of nitrogens with one attached hydrogen (secondary N) is 10. The summed E-state index contributed by atoms with van der Waals surface area (Å²) in [4.78, 5) is 173. The number of hydrogen-bond donors (Lipinski definition) is 13. The predicted octanol–water partition coefficient (Wildman–Crippen LogP) is -1.42. The second-order valence-corrected chi connectivity index (χ2v) is 22.7. The number of para-hydroxylation sites is 1. The number of amides is 12. The van der Waals surface area contributed by atoms with Gasteiger partial charge in [0, 0.05) is 42.9 Å². The maximum Gasteiger partial charge on any atom is 0.246 e. The van der Waals surface area contributed by atoms with Crippen LogP contribution < -0.4 is 65.1 Å². The van der Waals surface area contributed by atoms with Gasteiger partial charge in [-0.15, -0.1) is 0 Å². The van der Waals surface area contributed by atoms with Crippen LogP contribution in [0.5, 0.6) is 0 Å². The van der Waals surface area contributed by atoms with Gasteiger partial charge >= 0.3 is 0 Å². The van der Waals surface area contributed by atoms with Gasteiger partial charge in [0.1, 0.15) is 60.4 Å². The molecule has 26 nitrogen and oxygen atoms in total. The Hall–Kier alpha value is -8.42. The molecule has 0 aliphatic carbocycles. The molecule has 0 spiro atoms. The van der Waals surface area contributed by atoms with Gasteiger partial charge in [0.25, 0.3) is 0 Å². The van der Waals surface area contributed by atoms with Crippen LogP contribution in [0.4, 0.5) is 0 Å². The molecule has 0 unspecified atom stereocenters. The SMILES string of the molecule is CC(C)C[C@@H]1NC(=O)[C@@H](Cc2ccccc2)NC(=O)[C@@H]2CCCN2C(=O)[C@H](C(C)C)NC(=O)[C@@H](Cc2c[nH]c3ccccc23)NC(=O)[C@H](CC(N)=O)NC(=O)[C@H](CCC(N)=O)NC(=O)[C@H](C)NC(=O)[C@H](C(C)C)NC(=O)[C@H](CCCN)NC1=O. The first-order valence-electron chi connectivity index (χ1n) is 28.7. The first kappa shape index (κ1) is 66.4. The lowest BCUT2D eigenvalue weighted by molar-refractivity contribution is -0.143. The Morgan fingerprint density at radius 2 is 1.08 bits per heavy atom. The summed E-state index contributed by atoms with van der Waals surface area (Å²) in [5, 5.41) is 24.6. The van der Waals surface area contributed by atoms with Gasteiger partial charge in [-0.2, -0.15) is 0 Å². The van der Waals surface area contributed by atoms with Crippen LogP contribution >= 0.6 is 0 Å². The molecule has 0 saturated carbocycles. The zero-order valence-electron chi connectivity index (χ0n) is 48.8. The van der Waals surface area contributed by atoms with E-state index >= 15 is 0 Å². The Morgan fingerprint density at radius 3 is 1.73 bits per heavy atom. The van der Waals surface area contributed by atoms with Crippen molar-refractivity contribution in [2.75, 3.05) is 13.1 Å². The van der Waals surface area contributed by atoms with Crippen molar-refractivity contribution >= 4 is 81.8 Å². The first-order chi connectivity index (χ1) is 39.8. The number of aromatic amines is 1. The molecular weight excluding hydrogens is 1080 g/mol. The van der Waals surface area contributed by atoms with E-state index in [-0.39, 0.29) is 57.5 Å². The minimum Gasteiger partial charge on any atom is -0.370 e. The number of benzene rings is 2. The zero-order chi connectivity index (χ0) is 61.9. The van der Waals surface area contributed by atoms with Gasteiger partial charge in [0.15, 0.2) is 0 Å². The number of carbonyl (C=O) groups excluding carboxylic acids is 12. The summed E-state index contributed by atoms with van der Waals surface area (Å²) in [6.45, 7) is 11.7. The number of aromatic nitrogens is 1. The summed E-state index contributed by atoms with van der Waals surface area (Å²) in [6, 6.07) is 2.00. The highest BCUT2D eigenvalue weighted by atomic mass is 16.2. The molecule has 0 radical (unpaired) electrons. The van der Waals surface area contributed by atoms with E-state index in [1.165, 1.54) is 11.8 Å². The summed E-state index contributed by atoms with van der Waals surface area (Å²) in [7, 11) is 0. The molecular formula is C58H84N14O12. The van der Waals surface area contributed by atoms with E-state index in [0.29, 0.717) is 28.5 Å². The average Bonchev–Trinajstić information content (AvgIpc) is 3.98. The van der Waals surface area contributed by atoms with E-state index in [0.717, 1.165) is 0 Å². The van der Waals surface area contributed by atoms with Crippen LogP contribution in [0.3, 0.4) is 0 Å². The van der Waals surface area contributed by atoms with Crippen molar-refractivity contribution in [1.29, 1.82) is 0 Å². The Morgan fingerprint density at radius 1 is 0.560 bits per heavy atom. The summed E-state index contributed by atoms with van der Waals surface area (Å²) < 4.78 is 0. The lowest BCUT2D eigenvalue weighted by Crippen LogP contribution is -2.62. The molecule has 458 valence electrons. The largest absolute Gasteiger partial charge is 0.370 e. The van der Waals surface area contributed by atoms with Crippen LogP contribution in [0.15, 0.2) is 60.8 Å². The molecule has 2 fully saturated rings. The van der Waals surface area contributed by atoms with E-state index in [1.807, 2.05) is 13.8 Å². The molecule has 10 atom stereocenters. The number of hydrogen-bond acceptors (Lipinski definition) is 13. The maximum atomic E-state index is 14.9. The number of nitrogens with two attached hydrogens (primary N) is 3. The second kappa shape index (κ2) is 31.3. The highest BCUT2D eigenvalue weighted by molar-refractivity contribution is 6.01. The third kappa shape index (κ3) is 19.1. The predicted molar refractivity (Wildman–Crippen MR) is 310 cm³/mol. The molecule has 3 heterocycles. The number of carbonyl (C=O) groups is 12. The number of nitrogens with zero attached hydrogens (tertiary/aromatic N) is 1. The fraction of sp³-hybridized carbons (Fsp3) is 0.552. The molecule has 0 bridgehead atoms. The second-order valence-electron chi connectivity index (χ2n) is 22.7. The van der Waals surface area contributed by atoms with E-state index in [1.54, 1.807) is 88.5 Å². The quantitative estimate of drug-likeness (QED) is 0.0785. The number of primary amides is 2. The fourth-order valence-corrected chi connectivity index (χ4v) is 10.1. The van der Waals surface area contributed by atoms with Gasteiger partial charge in [-0.05, 0) is 86.9 Å². The summed E-state index contributed by atoms with van der Waals surface area (Å²) in [5.74, 6) is -11.8. The van der Waals surface area contributed by atoms with Crippen molar-refractivity contribution < 1.29 is 57.5 Å². The van der Waals surface area contributed by atoms with Crippen LogP contribution in [0.2, 0.25) is 0 Å². The van der Waals surface area contributed by atoms with Crippen molar-refractivity contribution in [2.24, 2.45) is 35.0 Å². The Balaban J connectivity index is 1.60. The number of rotatable bonds is 16. The van der Waals surface area contributed by atoms with Crippen molar-refractivity contribution in [3.05, 3.63) is 71.9 Å². The van der Waals surface area contributed by atoms with Crippen molar-refractivity contribution in [2.45, 2.75) is 173 Å². The lowest BCUT2D eigenvalue weighted by Gasteiger charge is -2.32. The molecule has 16 N–H and O–H groups in total. The average molecular weight is 1170 g/mol. The monoisotopic (exact) mass is 1170 g/mol. The van der Waals surface area contributed by atoms with Crippen LogP contribution in [0, 0.1) is 17.8 Å². The Labute approximate surface area is 488 Å². The van der Waals surface area contributed by atoms with Gasteiger partial charge in [-0.1, -0.05) is 90.1 Å². The van der Waals surface area contributed by atoms with Gasteiger partial charge in [-0.3, -0.25) is 57.5 Å². The number of H-pyrrole nitrogens is 1. The first-order valence-corrected chi connectivity index (χ1v) is 28.7. The summed E-state index contributed by atoms with van der Waals surface area (Å²) in [6.07, 6.45) is 0.579.